The summed E-state index contributed by atoms with van der Waals surface area (Å²) in [5, 5.41) is 8.70. The van der Waals surface area contributed by atoms with Crippen LogP contribution in [-0.2, 0) is 11.3 Å². The van der Waals surface area contributed by atoms with E-state index in [1.807, 2.05) is 26.0 Å². The summed E-state index contributed by atoms with van der Waals surface area (Å²) in [4.78, 5) is 11.6. The maximum Gasteiger partial charge on any atom is 0.370 e. The number of nitrogens with zero attached hydrogens (tertiary/aromatic N) is 1. The second-order valence-corrected chi connectivity index (χ2v) is 3.86. The van der Waals surface area contributed by atoms with Crippen molar-refractivity contribution in [3.05, 3.63) is 29.8 Å². The Balaban J connectivity index is 3.11. The van der Waals surface area contributed by atoms with E-state index in [1.54, 1.807) is 4.57 Å². The van der Waals surface area contributed by atoms with Gasteiger partial charge in [-0.2, -0.15) is 4.57 Å². The quantitative estimate of drug-likeness (QED) is 0.609. The van der Waals surface area contributed by atoms with E-state index >= 15 is 0 Å². The summed E-state index contributed by atoms with van der Waals surface area (Å²) < 4.78 is 1.77. The van der Waals surface area contributed by atoms with Crippen LogP contribution in [0.2, 0.25) is 0 Å². The summed E-state index contributed by atoms with van der Waals surface area (Å²) in [5.41, 5.74) is 1.89. The molecule has 14 heavy (non-hydrogen) atoms. The molecule has 0 aliphatic heterocycles. The summed E-state index contributed by atoms with van der Waals surface area (Å²) in [6.07, 6.45) is 3.72. The molecule has 1 aromatic rings. The van der Waals surface area contributed by atoms with Gasteiger partial charge in [0.15, 0.2) is 11.4 Å². The van der Waals surface area contributed by atoms with E-state index in [1.165, 1.54) is 11.8 Å². The third kappa shape index (κ3) is 2.48. The van der Waals surface area contributed by atoms with Crippen molar-refractivity contribution >= 4 is 17.7 Å². The van der Waals surface area contributed by atoms with Crippen LogP contribution in [0.25, 0.3) is 0 Å². The van der Waals surface area contributed by atoms with E-state index < -0.39 is 5.97 Å². The van der Waals surface area contributed by atoms with E-state index in [0.29, 0.717) is 0 Å². The van der Waals surface area contributed by atoms with Crippen molar-refractivity contribution in [3.8, 4) is 0 Å². The van der Waals surface area contributed by atoms with Gasteiger partial charge < -0.3 is 5.11 Å². The maximum absolute atomic E-state index is 10.6. The monoisotopic (exact) mass is 211 g/mol. The SMILES string of the molecule is [CH2]Sc1cc(C)[n+](CC(=O)O)c(C)c1. The number of carbonyl (C=O) groups is 1. The molecule has 4 heteroatoms. The number of rotatable bonds is 3. The lowest BCUT2D eigenvalue weighted by Crippen LogP contribution is -2.43. The molecule has 1 N–H and O–H groups in total. The smallest absolute Gasteiger partial charge is 0.370 e. The largest absolute Gasteiger partial charge is 0.477 e. The molecular formula is C10H13NO2S+. The molecule has 0 saturated carbocycles. The van der Waals surface area contributed by atoms with E-state index in [4.69, 9.17) is 5.11 Å². The Hall–Kier alpha value is -1.03. The predicted molar refractivity (Wildman–Crippen MR) is 55.0 cm³/mol. The fraction of sp³-hybridized carbons (Fsp3) is 0.300. The lowest BCUT2D eigenvalue weighted by Gasteiger charge is -2.03. The van der Waals surface area contributed by atoms with Gasteiger partial charge in [-0.15, -0.1) is 11.8 Å². The minimum Gasteiger partial charge on any atom is -0.477 e. The molecule has 0 saturated heterocycles. The number of aliphatic carboxylic acids is 1. The van der Waals surface area contributed by atoms with E-state index in [-0.39, 0.29) is 6.54 Å². The summed E-state index contributed by atoms with van der Waals surface area (Å²) in [7, 11) is 0. The Morgan fingerprint density at radius 3 is 2.36 bits per heavy atom. The van der Waals surface area contributed by atoms with Crippen molar-refractivity contribution in [1.82, 2.24) is 0 Å². The van der Waals surface area contributed by atoms with Gasteiger partial charge >= 0.3 is 5.97 Å². The van der Waals surface area contributed by atoms with Crippen LogP contribution >= 0.6 is 11.8 Å². The van der Waals surface area contributed by atoms with Gasteiger partial charge in [0, 0.05) is 37.1 Å². The molecule has 0 aromatic carbocycles. The van der Waals surface area contributed by atoms with Gasteiger partial charge in [0.05, 0.1) is 0 Å². The van der Waals surface area contributed by atoms with Gasteiger partial charge in [-0.1, -0.05) is 0 Å². The van der Waals surface area contributed by atoms with Crippen LogP contribution in [-0.4, -0.2) is 11.1 Å². The first-order valence-electron chi connectivity index (χ1n) is 4.19. The average Bonchev–Trinajstić information content (AvgIpc) is 2.10. The zero-order valence-corrected chi connectivity index (χ0v) is 9.10. The van der Waals surface area contributed by atoms with Crippen molar-refractivity contribution in [2.75, 3.05) is 0 Å². The van der Waals surface area contributed by atoms with E-state index in [9.17, 15) is 4.79 Å². The average molecular weight is 211 g/mol. The number of hydrogen-bond acceptors (Lipinski definition) is 2. The maximum atomic E-state index is 10.6. The second-order valence-electron chi connectivity index (χ2n) is 3.10. The molecule has 3 nitrogen and oxygen atoms in total. The number of carboxylic acid groups (broad SMARTS) is 1. The van der Waals surface area contributed by atoms with Gasteiger partial charge in [0.25, 0.3) is 0 Å². The Bertz CT molecular complexity index is 340. The number of aryl methyl sites for hydroxylation is 2. The third-order valence-corrected chi connectivity index (χ3v) is 2.58. The summed E-state index contributed by atoms with van der Waals surface area (Å²) in [5.74, 6) is -0.823. The number of pyridine rings is 1. The Kier molecular flexibility index (Phi) is 3.52. The Labute approximate surface area is 87.8 Å². The standard InChI is InChI=1S/C10H12NO2S/c1-7-4-9(14-3)5-8(2)11(7)6-10(12)13/h4-5H,3,6H2,1-2H3/p+1. The van der Waals surface area contributed by atoms with Crippen LogP contribution in [0.15, 0.2) is 17.0 Å². The van der Waals surface area contributed by atoms with Crippen LogP contribution < -0.4 is 4.57 Å². The predicted octanol–water partition coefficient (Wildman–Crippen LogP) is 1.56. The third-order valence-electron chi connectivity index (χ3n) is 2.01. The highest BCUT2D eigenvalue weighted by Crippen LogP contribution is 2.16. The molecule has 0 amide bonds. The molecule has 1 aromatic heterocycles. The zero-order valence-electron chi connectivity index (χ0n) is 8.28. The highest BCUT2D eigenvalue weighted by molar-refractivity contribution is 8.00. The first-order valence-corrected chi connectivity index (χ1v) is 5.18. The minimum atomic E-state index is -0.823. The summed E-state index contributed by atoms with van der Waals surface area (Å²) >= 11 is 1.41. The number of aromatic nitrogens is 1. The fourth-order valence-corrected chi connectivity index (χ4v) is 1.86. The molecule has 0 unspecified atom stereocenters. The molecular weight excluding hydrogens is 198 g/mol. The summed E-state index contributed by atoms with van der Waals surface area (Å²) in [6.45, 7) is 3.81. The highest BCUT2D eigenvalue weighted by atomic mass is 32.2. The van der Waals surface area contributed by atoms with Gasteiger partial charge in [0.1, 0.15) is 0 Å². The highest BCUT2D eigenvalue weighted by Gasteiger charge is 2.15. The zero-order chi connectivity index (χ0) is 10.7. The number of thioether (sulfide) groups is 1. The van der Waals surface area contributed by atoms with Crippen LogP contribution in [0.5, 0.6) is 0 Å². The minimum absolute atomic E-state index is 0.0136. The molecule has 75 valence electrons. The lowest BCUT2D eigenvalue weighted by atomic mass is 10.3. The Morgan fingerprint density at radius 2 is 2.00 bits per heavy atom. The number of carboxylic acids is 1. The van der Waals surface area contributed by atoms with E-state index in [2.05, 4.69) is 6.26 Å². The van der Waals surface area contributed by atoms with Gasteiger partial charge in [-0.25, -0.2) is 4.79 Å². The van der Waals surface area contributed by atoms with Crippen molar-refractivity contribution < 1.29 is 14.5 Å². The number of hydrogen-bond donors (Lipinski definition) is 1. The second kappa shape index (κ2) is 4.46. The molecule has 1 rings (SSSR count). The summed E-state index contributed by atoms with van der Waals surface area (Å²) in [6, 6.07) is 3.88. The normalized spacial score (nSPS) is 10.2. The molecule has 0 aliphatic rings. The fourth-order valence-electron chi connectivity index (χ4n) is 1.36. The van der Waals surface area contributed by atoms with Crippen molar-refractivity contribution in [2.45, 2.75) is 25.3 Å². The van der Waals surface area contributed by atoms with Crippen molar-refractivity contribution in [1.29, 1.82) is 0 Å². The Morgan fingerprint density at radius 1 is 1.50 bits per heavy atom. The van der Waals surface area contributed by atoms with Gasteiger partial charge in [-0.05, 0) is 0 Å². The van der Waals surface area contributed by atoms with E-state index in [0.717, 1.165) is 16.3 Å². The molecule has 0 aliphatic carbocycles. The van der Waals surface area contributed by atoms with Crippen molar-refractivity contribution in [3.63, 3.8) is 0 Å². The molecule has 0 fully saturated rings. The van der Waals surface area contributed by atoms with Gasteiger partial charge in [-0.3, -0.25) is 0 Å². The molecule has 1 heterocycles. The first kappa shape index (κ1) is 11.0. The van der Waals surface area contributed by atoms with Crippen LogP contribution in [0.3, 0.4) is 0 Å². The van der Waals surface area contributed by atoms with Crippen LogP contribution in [0, 0.1) is 20.1 Å². The molecule has 0 atom stereocenters. The van der Waals surface area contributed by atoms with Crippen molar-refractivity contribution in [2.24, 2.45) is 0 Å². The first-order chi connectivity index (χ1) is 6.54. The molecule has 0 bridgehead atoms. The molecule has 1 radical (unpaired) electrons. The van der Waals surface area contributed by atoms with Gasteiger partial charge in [0.2, 0.25) is 6.54 Å². The topological polar surface area (TPSA) is 41.2 Å². The molecule has 0 spiro atoms. The van der Waals surface area contributed by atoms with Crippen LogP contribution in [0.1, 0.15) is 11.4 Å². The lowest BCUT2D eigenvalue weighted by molar-refractivity contribution is -0.698. The van der Waals surface area contributed by atoms with Crippen LogP contribution in [0.4, 0.5) is 0 Å².